The molecule has 2 N–H and O–H groups in total. The van der Waals surface area contributed by atoms with E-state index in [2.05, 4.69) is 50.7 Å². The molecule has 0 aromatic heterocycles. The van der Waals surface area contributed by atoms with E-state index in [-0.39, 0.29) is 6.04 Å². The molecule has 2 aromatic rings. The van der Waals surface area contributed by atoms with Crippen LogP contribution in [0.4, 0.5) is 0 Å². The van der Waals surface area contributed by atoms with Crippen LogP contribution in [0, 0.1) is 3.57 Å². The molecule has 1 aliphatic rings. The zero-order chi connectivity index (χ0) is 14.8. The van der Waals surface area contributed by atoms with Gasteiger partial charge in [-0.25, -0.2) is 0 Å². The van der Waals surface area contributed by atoms with Gasteiger partial charge in [0.2, 0.25) is 0 Å². The minimum absolute atomic E-state index is 0.188. The summed E-state index contributed by atoms with van der Waals surface area (Å²) in [6, 6.07) is 11.9. The highest BCUT2D eigenvalue weighted by molar-refractivity contribution is 14.1. The molecule has 0 aliphatic carbocycles. The number of nitrogens with two attached hydrogens (primary N) is 1. The molecule has 0 fully saturated rings. The fourth-order valence-corrected chi connectivity index (χ4v) is 3.36. The molecule has 0 spiro atoms. The molecule has 0 bridgehead atoms. The molecule has 1 heterocycles. The summed E-state index contributed by atoms with van der Waals surface area (Å²) in [5.74, 6) is 1.58. The Balaban J connectivity index is 1.96. The number of halogens is 2. The molecule has 3 rings (SSSR count). The lowest BCUT2D eigenvalue weighted by Gasteiger charge is -2.17. The number of hydrogen-bond acceptors (Lipinski definition) is 3. The second-order valence-corrected chi connectivity index (χ2v) is 6.98. The molecule has 5 heteroatoms. The van der Waals surface area contributed by atoms with Crippen molar-refractivity contribution < 1.29 is 9.47 Å². The average molecular weight is 460 g/mol. The number of rotatable bonds is 2. The van der Waals surface area contributed by atoms with Gasteiger partial charge < -0.3 is 15.2 Å². The van der Waals surface area contributed by atoms with E-state index in [0.717, 1.165) is 37.1 Å². The molecule has 1 unspecified atom stereocenters. The van der Waals surface area contributed by atoms with Crippen LogP contribution in [0.3, 0.4) is 0 Å². The lowest BCUT2D eigenvalue weighted by molar-refractivity contribution is 0.297. The van der Waals surface area contributed by atoms with Gasteiger partial charge in [-0.15, -0.1) is 0 Å². The first-order valence-corrected chi connectivity index (χ1v) is 8.62. The molecule has 0 saturated heterocycles. The molecule has 3 nitrogen and oxygen atoms in total. The lowest BCUT2D eigenvalue weighted by Crippen LogP contribution is -2.13. The SMILES string of the molecule is NC(c1ccc2c(c1)OCCCO2)c1cc(Br)ccc1I. The molecule has 0 amide bonds. The van der Waals surface area contributed by atoms with Gasteiger partial charge in [0, 0.05) is 14.5 Å². The van der Waals surface area contributed by atoms with Gasteiger partial charge in [0.05, 0.1) is 19.3 Å². The van der Waals surface area contributed by atoms with Crippen molar-refractivity contribution in [3.8, 4) is 11.5 Å². The van der Waals surface area contributed by atoms with E-state index in [1.807, 2.05) is 24.3 Å². The van der Waals surface area contributed by atoms with Crippen LogP contribution in [0.2, 0.25) is 0 Å². The Hall–Kier alpha value is -0.790. The Morgan fingerprint density at radius 3 is 2.62 bits per heavy atom. The maximum absolute atomic E-state index is 6.44. The Morgan fingerprint density at radius 1 is 1.05 bits per heavy atom. The van der Waals surface area contributed by atoms with Crippen LogP contribution in [0.5, 0.6) is 11.5 Å². The molecule has 21 heavy (non-hydrogen) atoms. The van der Waals surface area contributed by atoms with Crippen LogP contribution in [0.1, 0.15) is 23.6 Å². The van der Waals surface area contributed by atoms with Crippen molar-refractivity contribution in [1.82, 2.24) is 0 Å². The third-order valence-corrected chi connectivity index (χ3v) is 4.90. The van der Waals surface area contributed by atoms with Crippen molar-refractivity contribution in [3.63, 3.8) is 0 Å². The average Bonchev–Trinajstić information content (AvgIpc) is 2.73. The fraction of sp³-hybridized carbons (Fsp3) is 0.250. The van der Waals surface area contributed by atoms with Crippen molar-refractivity contribution in [2.75, 3.05) is 13.2 Å². The Labute approximate surface area is 146 Å². The van der Waals surface area contributed by atoms with Crippen LogP contribution in [-0.2, 0) is 0 Å². The van der Waals surface area contributed by atoms with E-state index < -0.39 is 0 Å². The second kappa shape index (κ2) is 6.54. The first-order chi connectivity index (χ1) is 10.1. The third-order valence-electron chi connectivity index (χ3n) is 3.42. The molecule has 0 saturated carbocycles. The third kappa shape index (κ3) is 3.35. The van der Waals surface area contributed by atoms with Gasteiger partial charge in [-0.3, -0.25) is 0 Å². The maximum atomic E-state index is 6.44. The predicted octanol–water partition coefficient (Wildman–Crippen LogP) is 4.26. The van der Waals surface area contributed by atoms with Crippen molar-refractivity contribution in [2.45, 2.75) is 12.5 Å². The van der Waals surface area contributed by atoms with E-state index in [1.165, 1.54) is 0 Å². The second-order valence-electron chi connectivity index (χ2n) is 4.90. The molecular weight excluding hydrogens is 445 g/mol. The summed E-state index contributed by atoms with van der Waals surface area (Å²) in [6.07, 6.45) is 0.902. The normalized spacial score (nSPS) is 15.4. The molecule has 2 aromatic carbocycles. The number of ether oxygens (including phenoxy) is 2. The Morgan fingerprint density at radius 2 is 1.81 bits per heavy atom. The van der Waals surface area contributed by atoms with Crippen LogP contribution in [-0.4, -0.2) is 13.2 Å². The van der Waals surface area contributed by atoms with Crippen molar-refractivity contribution in [1.29, 1.82) is 0 Å². The highest BCUT2D eigenvalue weighted by atomic mass is 127. The van der Waals surface area contributed by atoms with Crippen LogP contribution >= 0.6 is 38.5 Å². The first-order valence-electron chi connectivity index (χ1n) is 6.75. The summed E-state index contributed by atoms with van der Waals surface area (Å²) in [5.41, 5.74) is 8.56. The summed E-state index contributed by atoms with van der Waals surface area (Å²) >= 11 is 5.82. The number of fused-ring (bicyclic) bond motifs is 1. The minimum atomic E-state index is -0.188. The predicted molar refractivity (Wildman–Crippen MR) is 94.9 cm³/mol. The lowest BCUT2D eigenvalue weighted by atomic mass is 9.99. The highest BCUT2D eigenvalue weighted by Gasteiger charge is 2.17. The highest BCUT2D eigenvalue weighted by Crippen LogP contribution is 2.34. The van der Waals surface area contributed by atoms with Gasteiger partial charge in [-0.2, -0.15) is 0 Å². The molecule has 110 valence electrons. The van der Waals surface area contributed by atoms with Gasteiger partial charge >= 0.3 is 0 Å². The van der Waals surface area contributed by atoms with Crippen LogP contribution in [0.25, 0.3) is 0 Å². The van der Waals surface area contributed by atoms with E-state index in [1.54, 1.807) is 0 Å². The Kier molecular flexibility index (Phi) is 4.71. The summed E-state index contributed by atoms with van der Waals surface area (Å²) < 4.78 is 13.6. The maximum Gasteiger partial charge on any atom is 0.161 e. The van der Waals surface area contributed by atoms with E-state index in [0.29, 0.717) is 13.2 Å². The first kappa shape index (κ1) is 15.1. The molecule has 1 aliphatic heterocycles. The van der Waals surface area contributed by atoms with Crippen molar-refractivity contribution in [3.05, 3.63) is 55.6 Å². The van der Waals surface area contributed by atoms with Crippen molar-refractivity contribution >= 4 is 38.5 Å². The van der Waals surface area contributed by atoms with E-state index >= 15 is 0 Å². The number of benzene rings is 2. The number of hydrogen-bond donors (Lipinski definition) is 1. The van der Waals surface area contributed by atoms with Crippen molar-refractivity contribution in [2.24, 2.45) is 5.73 Å². The van der Waals surface area contributed by atoms with Gasteiger partial charge in [-0.1, -0.05) is 22.0 Å². The van der Waals surface area contributed by atoms with Gasteiger partial charge in [-0.05, 0) is 64.0 Å². The van der Waals surface area contributed by atoms with Gasteiger partial charge in [0.15, 0.2) is 11.5 Å². The summed E-state index contributed by atoms with van der Waals surface area (Å²) in [4.78, 5) is 0. The van der Waals surface area contributed by atoms with Crippen LogP contribution in [0.15, 0.2) is 40.9 Å². The monoisotopic (exact) mass is 459 g/mol. The minimum Gasteiger partial charge on any atom is -0.490 e. The van der Waals surface area contributed by atoms with E-state index in [4.69, 9.17) is 15.2 Å². The molecule has 1 atom stereocenters. The largest absolute Gasteiger partial charge is 0.490 e. The zero-order valence-electron chi connectivity index (χ0n) is 11.3. The molecule has 0 radical (unpaired) electrons. The Bertz CT molecular complexity index is 663. The summed E-state index contributed by atoms with van der Waals surface area (Å²) in [5, 5.41) is 0. The van der Waals surface area contributed by atoms with Gasteiger partial charge in [0.1, 0.15) is 0 Å². The van der Waals surface area contributed by atoms with E-state index in [9.17, 15) is 0 Å². The molecular formula is C16H15BrINO2. The summed E-state index contributed by atoms with van der Waals surface area (Å²) in [7, 11) is 0. The smallest absolute Gasteiger partial charge is 0.161 e. The summed E-state index contributed by atoms with van der Waals surface area (Å²) in [6.45, 7) is 1.38. The standard InChI is InChI=1S/C16H15BrINO2/c17-11-3-4-13(18)12(9-11)16(19)10-2-5-14-15(8-10)21-7-1-6-20-14/h2-5,8-9,16H,1,6-7,19H2. The van der Waals surface area contributed by atoms with Crippen LogP contribution < -0.4 is 15.2 Å². The van der Waals surface area contributed by atoms with Gasteiger partial charge in [0.25, 0.3) is 0 Å². The topological polar surface area (TPSA) is 44.5 Å². The fourth-order valence-electron chi connectivity index (χ4n) is 2.31. The quantitative estimate of drug-likeness (QED) is 0.682. The zero-order valence-corrected chi connectivity index (χ0v) is 15.1.